The third-order valence-corrected chi connectivity index (χ3v) is 3.91. The van der Waals surface area contributed by atoms with Crippen molar-refractivity contribution in [2.24, 2.45) is 0 Å². The Morgan fingerprint density at radius 2 is 1.95 bits per heavy atom. The molecule has 2 N–H and O–H groups in total. The first-order valence-corrected chi connectivity index (χ1v) is 7.13. The topological polar surface area (TPSA) is 32.3 Å². The van der Waals surface area contributed by atoms with Gasteiger partial charge in [0.1, 0.15) is 5.75 Å². The van der Waals surface area contributed by atoms with E-state index in [1.807, 2.05) is 12.1 Å². The number of aromatic hydroxyl groups is 1. The molecule has 0 radical (unpaired) electrons. The molecule has 0 saturated heterocycles. The molecule has 0 heterocycles. The van der Waals surface area contributed by atoms with E-state index in [0.29, 0.717) is 6.04 Å². The van der Waals surface area contributed by atoms with E-state index in [0.717, 1.165) is 16.6 Å². The van der Waals surface area contributed by atoms with E-state index in [-0.39, 0.29) is 5.75 Å². The summed E-state index contributed by atoms with van der Waals surface area (Å²) >= 11 is 3.33. The van der Waals surface area contributed by atoms with Gasteiger partial charge >= 0.3 is 0 Å². The zero-order valence-electron chi connectivity index (χ0n) is 11.2. The van der Waals surface area contributed by atoms with E-state index in [4.69, 9.17) is 0 Å². The van der Waals surface area contributed by atoms with Crippen molar-refractivity contribution in [3.8, 4) is 5.75 Å². The number of aryl methyl sites for hydroxylation is 1. The molecule has 0 spiro atoms. The molecule has 0 unspecified atom stereocenters. The van der Waals surface area contributed by atoms with Crippen molar-refractivity contribution in [1.82, 2.24) is 5.32 Å². The average molecular weight is 320 g/mol. The number of hydrogen-bond acceptors (Lipinski definition) is 2. The summed E-state index contributed by atoms with van der Waals surface area (Å²) in [5.74, 6) is 0.274. The number of benzene rings is 2. The van der Waals surface area contributed by atoms with Crippen LogP contribution in [-0.4, -0.2) is 5.11 Å². The summed E-state index contributed by atoms with van der Waals surface area (Å²) in [6, 6.07) is 14.3. The Labute approximate surface area is 122 Å². The van der Waals surface area contributed by atoms with Crippen LogP contribution in [0.4, 0.5) is 0 Å². The fourth-order valence-electron chi connectivity index (χ4n) is 2.11. The van der Waals surface area contributed by atoms with Crippen LogP contribution in [0.25, 0.3) is 0 Å². The molecule has 2 nitrogen and oxygen atoms in total. The molecule has 0 fully saturated rings. The summed E-state index contributed by atoms with van der Waals surface area (Å²) in [6.07, 6.45) is 0. The lowest BCUT2D eigenvalue weighted by Gasteiger charge is -2.16. The zero-order chi connectivity index (χ0) is 13.8. The zero-order valence-corrected chi connectivity index (χ0v) is 12.7. The second kappa shape index (κ2) is 6.22. The fourth-order valence-corrected chi connectivity index (χ4v) is 2.54. The standard InChI is InChI=1S/C16H18BrNO/c1-11-5-3-4-6-14(11)12(2)18-10-13-7-8-16(19)15(17)9-13/h3-9,12,18-19H,10H2,1-2H3/t12-/m1/s1. The molecule has 2 rings (SSSR count). The smallest absolute Gasteiger partial charge is 0.129 e. The molecule has 0 aliphatic heterocycles. The van der Waals surface area contributed by atoms with Crippen molar-refractivity contribution < 1.29 is 5.11 Å². The predicted octanol–water partition coefficient (Wildman–Crippen LogP) is 4.31. The number of hydrogen-bond donors (Lipinski definition) is 2. The van der Waals surface area contributed by atoms with Crippen LogP contribution in [0, 0.1) is 6.92 Å². The summed E-state index contributed by atoms with van der Waals surface area (Å²) in [7, 11) is 0. The first-order chi connectivity index (χ1) is 9.08. The summed E-state index contributed by atoms with van der Waals surface area (Å²) < 4.78 is 0.732. The van der Waals surface area contributed by atoms with E-state index in [1.165, 1.54) is 11.1 Å². The molecule has 1 atom stereocenters. The van der Waals surface area contributed by atoms with E-state index >= 15 is 0 Å². The molecule has 0 bridgehead atoms. The van der Waals surface area contributed by atoms with Gasteiger partial charge in [0.2, 0.25) is 0 Å². The Kier molecular flexibility index (Phi) is 4.61. The summed E-state index contributed by atoms with van der Waals surface area (Å²) in [6.45, 7) is 5.07. The number of rotatable bonds is 4. The van der Waals surface area contributed by atoms with Crippen molar-refractivity contribution >= 4 is 15.9 Å². The van der Waals surface area contributed by atoms with Gasteiger partial charge in [0, 0.05) is 12.6 Å². The van der Waals surface area contributed by atoms with Crippen LogP contribution in [-0.2, 0) is 6.54 Å². The van der Waals surface area contributed by atoms with Crippen LogP contribution < -0.4 is 5.32 Å². The van der Waals surface area contributed by atoms with Crippen molar-refractivity contribution in [1.29, 1.82) is 0 Å². The largest absolute Gasteiger partial charge is 0.507 e. The highest BCUT2D eigenvalue weighted by molar-refractivity contribution is 9.10. The lowest BCUT2D eigenvalue weighted by molar-refractivity contribution is 0.471. The van der Waals surface area contributed by atoms with Crippen molar-refractivity contribution in [2.45, 2.75) is 26.4 Å². The maximum absolute atomic E-state index is 9.47. The van der Waals surface area contributed by atoms with Crippen LogP contribution in [0.15, 0.2) is 46.9 Å². The second-order valence-corrected chi connectivity index (χ2v) is 5.60. The molecule has 100 valence electrons. The molecule has 0 aliphatic carbocycles. The number of halogens is 1. The maximum atomic E-state index is 9.47. The first-order valence-electron chi connectivity index (χ1n) is 6.34. The Hall–Kier alpha value is -1.32. The summed E-state index contributed by atoms with van der Waals surface area (Å²) in [5, 5.41) is 13.0. The third-order valence-electron chi connectivity index (χ3n) is 3.28. The highest BCUT2D eigenvalue weighted by Gasteiger charge is 2.07. The van der Waals surface area contributed by atoms with Gasteiger partial charge in [-0.2, -0.15) is 0 Å². The molecule has 3 heteroatoms. The molecule has 0 aliphatic rings. The minimum Gasteiger partial charge on any atom is -0.507 e. The molecule has 0 saturated carbocycles. The van der Waals surface area contributed by atoms with Gasteiger partial charge in [0.05, 0.1) is 4.47 Å². The van der Waals surface area contributed by atoms with E-state index < -0.39 is 0 Å². The van der Waals surface area contributed by atoms with Crippen molar-refractivity contribution in [3.05, 3.63) is 63.6 Å². The average Bonchev–Trinajstić information content (AvgIpc) is 2.40. The molecule has 0 amide bonds. The number of nitrogens with one attached hydrogen (secondary N) is 1. The minimum absolute atomic E-state index is 0.274. The van der Waals surface area contributed by atoms with E-state index in [2.05, 4.69) is 59.4 Å². The summed E-state index contributed by atoms with van der Waals surface area (Å²) in [5.41, 5.74) is 3.76. The van der Waals surface area contributed by atoms with Gasteiger partial charge in [-0.1, -0.05) is 30.3 Å². The number of phenolic OH excluding ortho intramolecular Hbond substituents is 1. The van der Waals surface area contributed by atoms with Gasteiger partial charge < -0.3 is 10.4 Å². The van der Waals surface area contributed by atoms with Gasteiger partial charge in [-0.15, -0.1) is 0 Å². The molecular formula is C16H18BrNO. The maximum Gasteiger partial charge on any atom is 0.129 e. The van der Waals surface area contributed by atoms with E-state index in [9.17, 15) is 5.11 Å². The van der Waals surface area contributed by atoms with Gasteiger partial charge in [0.25, 0.3) is 0 Å². The lowest BCUT2D eigenvalue weighted by atomic mass is 10.0. The van der Waals surface area contributed by atoms with Gasteiger partial charge in [0.15, 0.2) is 0 Å². The third kappa shape index (κ3) is 3.58. The Morgan fingerprint density at radius 3 is 2.63 bits per heavy atom. The van der Waals surface area contributed by atoms with Crippen LogP contribution in [0.1, 0.15) is 29.7 Å². The van der Waals surface area contributed by atoms with Crippen LogP contribution >= 0.6 is 15.9 Å². The first kappa shape index (κ1) is 14.1. The van der Waals surface area contributed by atoms with Gasteiger partial charge in [-0.25, -0.2) is 0 Å². The highest BCUT2D eigenvalue weighted by atomic mass is 79.9. The molecular weight excluding hydrogens is 302 g/mol. The van der Waals surface area contributed by atoms with Crippen molar-refractivity contribution in [2.75, 3.05) is 0 Å². The Bertz CT molecular complexity index is 568. The predicted molar refractivity (Wildman–Crippen MR) is 82.2 cm³/mol. The quantitative estimate of drug-likeness (QED) is 0.879. The van der Waals surface area contributed by atoms with Crippen molar-refractivity contribution in [3.63, 3.8) is 0 Å². The molecule has 0 aromatic heterocycles. The van der Waals surface area contributed by atoms with E-state index in [1.54, 1.807) is 6.07 Å². The Balaban J connectivity index is 2.02. The normalized spacial score (nSPS) is 12.4. The second-order valence-electron chi connectivity index (χ2n) is 4.74. The SMILES string of the molecule is Cc1ccccc1[C@@H](C)NCc1ccc(O)c(Br)c1. The molecule has 2 aromatic carbocycles. The van der Waals surface area contributed by atoms with Crippen LogP contribution in [0.2, 0.25) is 0 Å². The van der Waals surface area contributed by atoms with Gasteiger partial charge in [-0.05, 0) is 58.6 Å². The lowest BCUT2D eigenvalue weighted by Crippen LogP contribution is -2.18. The minimum atomic E-state index is 0.274. The summed E-state index contributed by atoms with van der Waals surface area (Å²) in [4.78, 5) is 0. The monoisotopic (exact) mass is 319 g/mol. The highest BCUT2D eigenvalue weighted by Crippen LogP contribution is 2.24. The molecule has 2 aromatic rings. The Morgan fingerprint density at radius 1 is 1.21 bits per heavy atom. The molecule has 19 heavy (non-hydrogen) atoms. The van der Waals surface area contributed by atoms with Gasteiger partial charge in [-0.3, -0.25) is 0 Å². The number of phenols is 1. The van der Waals surface area contributed by atoms with Crippen LogP contribution in [0.5, 0.6) is 5.75 Å². The fraction of sp³-hybridized carbons (Fsp3) is 0.250. The van der Waals surface area contributed by atoms with Crippen LogP contribution in [0.3, 0.4) is 0 Å².